The molecule has 0 spiro atoms. The van der Waals surface area contributed by atoms with Gasteiger partial charge in [-0.15, -0.1) is 0 Å². The molecule has 0 N–H and O–H groups in total. The summed E-state index contributed by atoms with van der Waals surface area (Å²) in [6.45, 7) is 4.71. The zero-order valence-electron chi connectivity index (χ0n) is 32.6. The Kier molecular flexibility index (Phi) is 7.20. The van der Waals surface area contributed by atoms with Crippen LogP contribution in [0.25, 0.3) is 100 Å². The third kappa shape index (κ3) is 5.01. The number of aromatic nitrogens is 5. The first-order chi connectivity index (χ1) is 29.0. The molecule has 0 saturated heterocycles. The molecule has 59 heavy (non-hydrogen) atoms. The Balaban J connectivity index is 1.18. The van der Waals surface area contributed by atoms with Gasteiger partial charge >= 0.3 is 0 Å². The molecule has 0 bridgehead atoms. The third-order valence-electron chi connectivity index (χ3n) is 12.4. The summed E-state index contributed by atoms with van der Waals surface area (Å²) in [5.74, 6) is 1.87. The average Bonchev–Trinajstić information content (AvgIpc) is 3.89. The van der Waals surface area contributed by atoms with Gasteiger partial charge in [-0.3, -0.25) is 0 Å². The van der Waals surface area contributed by atoms with E-state index < -0.39 is 0 Å². The first-order valence-corrected chi connectivity index (χ1v) is 20.2. The van der Waals surface area contributed by atoms with Crippen molar-refractivity contribution in [2.24, 2.45) is 0 Å². The number of hydrogen-bond donors (Lipinski definition) is 0. The van der Waals surface area contributed by atoms with Gasteiger partial charge in [-0.1, -0.05) is 153 Å². The molecule has 0 saturated carbocycles. The minimum atomic E-state index is -0.101. The van der Waals surface area contributed by atoms with E-state index >= 15 is 0 Å². The molecule has 0 atom stereocenters. The van der Waals surface area contributed by atoms with Gasteiger partial charge in [0.15, 0.2) is 17.5 Å². The lowest BCUT2D eigenvalue weighted by atomic mass is 9.82. The molecule has 0 unspecified atom stereocenters. The van der Waals surface area contributed by atoms with Gasteiger partial charge in [0.05, 0.1) is 27.8 Å². The molecular formula is C54H37N5. The van der Waals surface area contributed by atoms with E-state index in [1.54, 1.807) is 0 Å². The Hall–Kier alpha value is -7.63. The Morgan fingerprint density at radius 1 is 0.356 bits per heavy atom. The summed E-state index contributed by atoms with van der Waals surface area (Å²) < 4.78 is 4.83. The highest BCUT2D eigenvalue weighted by molar-refractivity contribution is 6.12. The highest BCUT2D eigenvalue weighted by atomic mass is 15.1. The van der Waals surface area contributed by atoms with Crippen molar-refractivity contribution in [2.75, 3.05) is 0 Å². The molecule has 12 rings (SSSR count). The van der Waals surface area contributed by atoms with Crippen LogP contribution >= 0.6 is 0 Å². The van der Waals surface area contributed by atoms with E-state index in [0.717, 1.165) is 44.6 Å². The number of benzene rings is 8. The largest absolute Gasteiger partial charge is 0.309 e. The lowest BCUT2D eigenvalue weighted by molar-refractivity contribution is 0.661. The molecule has 0 fully saturated rings. The van der Waals surface area contributed by atoms with Crippen LogP contribution in [0.2, 0.25) is 0 Å². The van der Waals surface area contributed by atoms with Crippen molar-refractivity contribution in [1.29, 1.82) is 0 Å². The van der Waals surface area contributed by atoms with Gasteiger partial charge in [0.1, 0.15) is 0 Å². The summed E-state index contributed by atoms with van der Waals surface area (Å²) >= 11 is 0. The van der Waals surface area contributed by atoms with E-state index in [1.165, 1.54) is 49.3 Å². The van der Waals surface area contributed by atoms with Gasteiger partial charge in [0.25, 0.3) is 0 Å². The van der Waals surface area contributed by atoms with Crippen molar-refractivity contribution in [3.63, 3.8) is 0 Å². The van der Waals surface area contributed by atoms with Crippen molar-refractivity contribution < 1.29 is 0 Å². The molecule has 0 aliphatic heterocycles. The molecule has 1 aliphatic carbocycles. The number of hydrogen-bond acceptors (Lipinski definition) is 3. The number of fused-ring (bicyclic) bond motifs is 9. The van der Waals surface area contributed by atoms with E-state index in [2.05, 4.69) is 175 Å². The maximum absolute atomic E-state index is 5.25. The van der Waals surface area contributed by atoms with E-state index in [4.69, 9.17) is 15.0 Å². The molecule has 3 aromatic heterocycles. The average molecular weight is 756 g/mol. The number of rotatable bonds is 5. The van der Waals surface area contributed by atoms with Crippen LogP contribution in [0.4, 0.5) is 0 Å². The Bertz CT molecular complexity index is 3350. The SMILES string of the molecule is CC1(C)c2ccccc2-c2cc3c(cc21)c1ccccc1n3-c1ccc(-c2nc(-c3ccccc3)nc(-c3ccccc3)n2)c(-n2c3ccccc3c3ccccc32)c1. The second-order valence-corrected chi connectivity index (χ2v) is 16.0. The van der Waals surface area contributed by atoms with Gasteiger partial charge in [0.2, 0.25) is 0 Å². The second kappa shape index (κ2) is 12.7. The summed E-state index contributed by atoms with van der Waals surface area (Å²) in [7, 11) is 0. The first-order valence-electron chi connectivity index (χ1n) is 20.2. The van der Waals surface area contributed by atoms with Crippen molar-refractivity contribution in [2.45, 2.75) is 19.3 Å². The van der Waals surface area contributed by atoms with E-state index in [1.807, 2.05) is 36.4 Å². The maximum Gasteiger partial charge on any atom is 0.166 e. The van der Waals surface area contributed by atoms with Crippen LogP contribution in [0.5, 0.6) is 0 Å². The number of nitrogens with zero attached hydrogens (tertiary/aromatic N) is 5. The lowest BCUT2D eigenvalue weighted by Gasteiger charge is -2.21. The molecule has 5 heteroatoms. The molecular weight excluding hydrogens is 719 g/mol. The predicted molar refractivity (Wildman–Crippen MR) is 242 cm³/mol. The molecule has 5 nitrogen and oxygen atoms in total. The van der Waals surface area contributed by atoms with Crippen LogP contribution in [0.15, 0.2) is 188 Å². The van der Waals surface area contributed by atoms with Gasteiger partial charge in [-0.2, -0.15) is 0 Å². The Morgan fingerprint density at radius 3 is 1.49 bits per heavy atom. The monoisotopic (exact) mass is 755 g/mol. The zero-order valence-corrected chi connectivity index (χ0v) is 32.6. The summed E-state index contributed by atoms with van der Waals surface area (Å²) in [6, 6.07) is 67.1. The molecule has 0 radical (unpaired) electrons. The summed E-state index contributed by atoms with van der Waals surface area (Å²) in [4.78, 5) is 15.5. The topological polar surface area (TPSA) is 48.5 Å². The zero-order chi connectivity index (χ0) is 39.2. The van der Waals surface area contributed by atoms with Gasteiger partial charge in [0, 0.05) is 49.3 Å². The van der Waals surface area contributed by atoms with Crippen LogP contribution in [-0.2, 0) is 5.41 Å². The fourth-order valence-electron chi connectivity index (χ4n) is 9.59. The van der Waals surface area contributed by atoms with Crippen molar-refractivity contribution in [3.8, 4) is 56.7 Å². The highest BCUT2D eigenvalue weighted by Gasteiger charge is 2.36. The fourth-order valence-corrected chi connectivity index (χ4v) is 9.59. The van der Waals surface area contributed by atoms with Crippen LogP contribution in [0.1, 0.15) is 25.0 Å². The quantitative estimate of drug-likeness (QED) is 0.176. The molecule has 8 aromatic carbocycles. The molecule has 3 heterocycles. The van der Waals surface area contributed by atoms with Gasteiger partial charge in [-0.05, 0) is 70.8 Å². The predicted octanol–water partition coefficient (Wildman–Crippen LogP) is 13.4. The smallest absolute Gasteiger partial charge is 0.166 e. The fraction of sp³-hybridized carbons (Fsp3) is 0.0556. The second-order valence-electron chi connectivity index (χ2n) is 16.0. The molecule has 278 valence electrons. The number of para-hydroxylation sites is 3. The Morgan fingerprint density at radius 2 is 0.864 bits per heavy atom. The molecule has 1 aliphatic rings. The third-order valence-corrected chi connectivity index (χ3v) is 12.4. The van der Waals surface area contributed by atoms with Gasteiger partial charge in [-0.25, -0.2) is 15.0 Å². The van der Waals surface area contributed by atoms with Gasteiger partial charge < -0.3 is 9.13 Å². The molecule has 11 aromatic rings. The molecule has 0 amide bonds. The lowest BCUT2D eigenvalue weighted by Crippen LogP contribution is -2.14. The van der Waals surface area contributed by atoms with E-state index in [9.17, 15) is 0 Å². The van der Waals surface area contributed by atoms with Crippen LogP contribution in [-0.4, -0.2) is 24.1 Å². The normalized spacial score (nSPS) is 13.1. The van der Waals surface area contributed by atoms with E-state index in [0.29, 0.717) is 17.5 Å². The summed E-state index contributed by atoms with van der Waals surface area (Å²) in [6.07, 6.45) is 0. The van der Waals surface area contributed by atoms with Crippen LogP contribution in [0, 0.1) is 0 Å². The minimum Gasteiger partial charge on any atom is -0.309 e. The van der Waals surface area contributed by atoms with Crippen molar-refractivity contribution >= 4 is 43.6 Å². The van der Waals surface area contributed by atoms with Crippen LogP contribution in [0.3, 0.4) is 0 Å². The standard InChI is InChI=1S/C54H37N5/c1-54(2)44-25-13-9-21-37(44)42-33-50-43(32-45(42)54)40-24-12-14-26-46(40)58(50)36-29-30-41(49(31-36)59-47-27-15-10-22-38(47)39-23-11-16-28-48(39)59)53-56-51(34-17-5-3-6-18-34)55-52(57-53)35-19-7-4-8-20-35/h3-33H,1-2H3. The highest BCUT2D eigenvalue weighted by Crippen LogP contribution is 2.51. The summed E-state index contributed by atoms with van der Waals surface area (Å²) in [5.41, 5.74) is 14.7. The van der Waals surface area contributed by atoms with Crippen LogP contribution < -0.4 is 0 Å². The first kappa shape index (κ1) is 33.5. The van der Waals surface area contributed by atoms with Crippen molar-refractivity contribution in [3.05, 3.63) is 199 Å². The van der Waals surface area contributed by atoms with E-state index in [-0.39, 0.29) is 5.41 Å². The summed E-state index contributed by atoms with van der Waals surface area (Å²) in [5, 5.41) is 4.87. The maximum atomic E-state index is 5.25. The van der Waals surface area contributed by atoms with Crippen molar-refractivity contribution in [1.82, 2.24) is 24.1 Å². The Labute approximate surface area is 341 Å². The minimum absolute atomic E-state index is 0.101.